The number of rotatable bonds is 5. The van der Waals surface area contributed by atoms with E-state index >= 15 is 0 Å². The maximum absolute atomic E-state index is 3.73. The van der Waals surface area contributed by atoms with Gasteiger partial charge in [0.2, 0.25) is 0 Å². The van der Waals surface area contributed by atoms with Gasteiger partial charge in [-0.25, -0.2) is 0 Å². The van der Waals surface area contributed by atoms with Crippen molar-refractivity contribution in [3.05, 3.63) is 43.0 Å². The molecule has 1 rings (SSSR count). The quantitative estimate of drug-likeness (QED) is 0.677. The van der Waals surface area contributed by atoms with Crippen LogP contribution in [-0.4, -0.2) is 6.54 Å². The van der Waals surface area contributed by atoms with E-state index in [1.54, 1.807) is 0 Å². The van der Waals surface area contributed by atoms with E-state index in [0.717, 1.165) is 13.0 Å². The number of anilines is 1. The molecule has 0 aliphatic carbocycles. The van der Waals surface area contributed by atoms with Crippen LogP contribution in [0.25, 0.3) is 0 Å². The first-order valence-corrected chi connectivity index (χ1v) is 4.72. The summed E-state index contributed by atoms with van der Waals surface area (Å²) >= 11 is 0. The summed E-state index contributed by atoms with van der Waals surface area (Å²) in [7, 11) is 0. The van der Waals surface area contributed by atoms with Gasteiger partial charge in [0.05, 0.1) is 0 Å². The molecule has 0 aromatic heterocycles. The number of allylic oxidation sites excluding steroid dienone is 1. The molecule has 1 unspecified atom stereocenters. The average Bonchev–Trinajstić information content (AvgIpc) is 2.17. The molecule has 1 nitrogen and oxygen atoms in total. The third kappa shape index (κ3) is 3.79. The second kappa shape index (κ2) is 5.41. The third-order valence-electron chi connectivity index (χ3n) is 2.00. The molecule has 0 bridgehead atoms. The highest BCUT2D eigenvalue weighted by atomic mass is 14.9. The summed E-state index contributed by atoms with van der Waals surface area (Å²) in [6.07, 6.45) is 3.04. The largest absolute Gasteiger partial charge is 0.385 e. The molecular weight excluding hydrogens is 158 g/mol. The first kappa shape index (κ1) is 9.85. The summed E-state index contributed by atoms with van der Waals surface area (Å²) in [5.74, 6) is 0.651. The molecule has 0 amide bonds. The maximum atomic E-state index is 3.73. The highest BCUT2D eigenvalue weighted by Crippen LogP contribution is 2.08. The predicted octanol–water partition coefficient (Wildman–Crippen LogP) is 3.31. The van der Waals surface area contributed by atoms with E-state index in [2.05, 4.69) is 31.0 Å². The lowest BCUT2D eigenvalue weighted by Gasteiger charge is -2.11. The van der Waals surface area contributed by atoms with Crippen LogP contribution in [0, 0.1) is 5.92 Å². The number of nitrogens with one attached hydrogen (secondary N) is 1. The summed E-state index contributed by atoms with van der Waals surface area (Å²) in [5, 5.41) is 3.38. The standard InChI is InChI=1S/C12H17N/c1-3-7-11(2)10-13-12-8-5-4-6-9-12/h3-6,8-9,11,13H,1,7,10H2,2H3. The van der Waals surface area contributed by atoms with Gasteiger partial charge in [0.15, 0.2) is 0 Å². The molecule has 0 saturated carbocycles. The fourth-order valence-electron chi connectivity index (χ4n) is 1.22. The highest BCUT2D eigenvalue weighted by Gasteiger charge is 1.97. The van der Waals surface area contributed by atoms with Crippen molar-refractivity contribution in [2.75, 3.05) is 11.9 Å². The minimum Gasteiger partial charge on any atom is -0.385 e. The third-order valence-corrected chi connectivity index (χ3v) is 2.00. The molecule has 1 aromatic carbocycles. The van der Waals surface area contributed by atoms with Gasteiger partial charge >= 0.3 is 0 Å². The Hall–Kier alpha value is -1.24. The van der Waals surface area contributed by atoms with Crippen LogP contribution in [0.1, 0.15) is 13.3 Å². The first-order valence-electron chi connectivity index (χ1n) is 4.72. The molecule has 0 aliphatic heterocycles. The van der Waals surface area contributed by atoms with E-state index in [0.29, 0.717) is 5.92 Å². The zero-order valence-electron chi connectivity index (χ0n) is 8.16. The first-order chi connectivity index (χ1) is 6.33. The highest BCUT2D eigenvalue weighted by molar-refractivity contribution is 5.42. The van der Waals surface area contributed by atoms with Gasteiger partial charge < -0.3 is 5.32 Å². The van der Waals surface area contributed by atoms with E-state index in [4.69, 9.17) is 0 Å². The van der Waals surface area contributed by atoms with Crippen LogP contribution in [0.4, 0.5) is 5.69 Å². The summed E-state index contributed by atoms with van der Waals surface area (Å²) in [5.41, 5.74) is 1.19. The Morgan fingerprint density at radius 2 is 2.08 bits per heavy atom. The number of hydrogen-bond acceptors (Lipinski definition) is 1. The van der Waals surface area contributed by atoms with Gasteiger partial charge in [-0.2, -0.15) is 0 Å². The van der Waals surface area contributed by atoms with Crippen LogP contribution in [0.15, 0.2) is 43.0 Å². The van der Waals surface area contributed by atoms with Gasteiger partial charge in [-0.05, 0) is 24.5 Å². The number of hydrogen-bond donors (Lipinski definition) is 1. The minimum absolute atomic E-state index is 0.651. The molecule has 0 saturated heterocycles. The van der Waals surface area contributed by atoms with E-state index < -0.39 is 0 Å². The maximum Gasteiger partial charge on any atom is 0.0340 e. The second-order valence-corrected chi connectivity index (χ2v) is 3.38. The lowest BCUT2D eigenvalue weighted by molar-refractivity contribution is 0.627. The molecule has 0 heterocycles. The van der Waals surface area contributed by atoms with E-state index in [1.165, 1.54) is 5.69 Å². The molecular formula is C12H17N. The Kier molecular flexibility index (Phi) is 4.10. The molecule has 0 fully saturated rings. The smallest absolute Gasteiger partial charge is 0.0340 e. The van der Waals surface area contributed by atoms with Crippen molar-refractivity contribution in [3.8, 4) is 0 Å². The van der Waals surface area contributed by atoms with Crippen LogP contribution < -0.4 is 5.32 Å². The van der Waals surface area contributed by atoms with Gasteiger partial charge in [-0.1, -0.05) is 31.2 Å². The van der Waals surface area contributed by atoms with Crippen molar-refractivity contribution in [2.24, 2.45) is 5.92 Å². The number of para-hydroxylation sites is 1. The zero-order chi connectivity index (χ0) is 9.52. The van der Waals surface area contributed by atoms with Gasteiger partial charge in [-0.15, -0.1) is 6.58 Å². The molecule has 0 radical (unpaired) electrons. The molecule has 70 valence electrons. The van der Waals surface area contributed by atoms with Crippen molar-refractivity contribution in [1.29, 1.82) is 0 Å². The topological polar surface area (TPSA) is 12.0 Å². The second-order valence-electron chi connectivity index (χ2n) is 3.38. The van der Waals surface area contributed by atoms with E-state index in [-0.39, 0.29) is 0 Å². The fourth-order valence-corrected chi connectivity index (χ4v) is 1.22. The van der Waals surface area contributed by atoms with E-state index in [9.17, 15) is 0 Å². The van der Waals surface area contributed by atoms with Crippen molar-refractivity contribution in [3.63, 3.8) is 0 Å². The van der Waals surface area contributed by atoms with E-state index in [1.807, 2.05) is 24.3 Å². The minimum atomic E-state index is 0.651. The monoisotopic (exact) mass is 175 g/mol. The number of benzene rings is 1. The van der Waals surface area contributed by atoms with Crippen molar-refractivity contribution in [1.82, 2.24) is 0 Å². The lowest BCUT2D eigenvalue weighted by Crippen LogP contribution is -2.10. The molecule has 1 aromatic rings. The van der Waals surface area contributed by atoms with Gasteiger partial charge in [0.1, 0.15) is 0 Å². The molecule has 0 aliphatic rings. The van der Waals surface area contributed by atoms with Gasteiger partial charge in [-0.3, -0.25) is 0 Å². The Morgan fingerprint density at radius 3 is 2.69 bits per heavy atom. The van der Waals surface area contributed by atoms with Crippen molar-refractivity contribution >= 4 is 5.69 Å². The molecule has 1 heteroatoms. The molecule has 1 N–H and O–H groups in total. The average molecular weight is 175 g/mol. The van der Waals surface area contributed by atoms with Crippen LogP contribution in [-0.2, 0) is 0 Å². The summed E-state index contributed by atoms with van der Waals surface area (Å²) in [4.78, 5) is 0. The molecule has 0 spiro atoms. The van der Waals surface area contributed by atoms with Crippen LogP contribution in [0.3, 0.4) is 0 Å². The normalized spacial score (nSPS) is 12.1. The Bertz CT molecular complexity index is 241. The predicted molar refractivity (Wildman–Crippen MR) is 58.9 cm³/mol. The lowest BCUT2D eigenvalue weighted by atomic mass is 10.1. The van der Waals surface area contributed by atoms with Crippen LogP contribution in [0.5, 0.6) is 0 Å². The van der Waals surface area contributed by atoms with Crippen molar-refractivity contribution < 1.29 is 0 Å². The SMILES string of the molecule is C=CCC(C)CNc1ccccc1. The Morgan fingerprint density at radius 1 is 1.38 bits per heavy atom. The molecule has 13 heavy (non-hydrogen) atoms. The summed E-state index contributed by atoms with van der Waals surface area (Å²) in [6, 6.07) is 10.3. The van der Waals surface area contributed by atoms with Gasteiger partial charge in [0.25, 0.3) is 0 Å². The zero-order valence-corrected chi connectivity index (χ0v) is 8.16. The van der Waals surface area contributed by atoms with Crippen LogP contribution >= 0.6 is 0 Å². The van der Waals surface area contributed by atoms with Gasteiger partial charge in [0, 0.05) is 12.2 Å². The Balaban J connectivity index is 2.30. The van der Waals surface area contributed by atoms with Crippen molar-refractivity contribution in [2.45, 2.75) is 13.3 Å². The summed E-state index contributed by atoms with van der Waals surface area (Å²) in [6.45, 7) is 6.96. The fraction of sp³-hybridized carbons (Fsp3) is 0.333. The Labute approximate surface area is 80.5 Å². The van der Waals surface area contributed by atoms with Crippen LogP contribution in [0.2, 0.25) is 0 Å². The summed E-state index contributed by atoms with van der Waals surface area (Å²) < 4.78 is 0. The molecule has 1 atom stereocenters.